The van der Waals surface area contributed by atoms with E-state index >= 15 is 0 Å². The molecule has 3 atom stereocenters. The normalized spacial score (nSPS) is 41.2. The van der Waals surface area contributed by atoms with Crippen LogP contribution in [0.15, 0.2) is 12.7 Å². The van der Waals surface area contributed by atoms with Gasteiger partial charge in [0.05, 0.1) is 6.10 Å². The predicted molar refractivity (Wildman–Crippen MR) is 42.7 cm³/mol. The topological polar surface area (TPSA) is 20.2 Å². The average Bonchev–Trinajstić information content (AvgIpc) is 1.95. The van der Waals surface area contributed by atoms with E-state index in [0.717, 1.165) is 19.3 Å². The van der Waals surface area contributed by atoms with Crippen molar-refractivity contribution < 1.29 is 5.11 Å². The van der Waals surface area contributed by atoms with Gasteiger partial charge in [-0.1, -0.05) is 13.0 Å². The molecule has 1 heteroatoms. The highest BCUT2D eigenvalue weighted by molar-refractivity contribution is 4.86. The Morgan fingerprint density at radius 1 is 1.50 bits per heavy atom. The maximum absolute atomic E-state index is 9.36. The van der Waals surface area contributed by atoms with E-state index in [1.807, 2.05) is 6.08 Å². The van der Waals surface area contributed by atoms with Crippen molar-refractivity contribution in [3.8, 4) is 0 Å². The first-order valence-corrected chi connectivity index (χ1v) is 4.04. The minimum atomic E-state index is -0.0591. The van der Waals surface area contributed by atoms with Crippen LogP contribution in [-0.4, -0.2) is 11.2 Å². The lowest BCUT2D eigenvalue weighted by molar-refractivity contribution is 0.0663. The van der Waals surface area contributed by atoms with Gasteiger partial charge in [-0.05, 0) is 31.1 Å². The van der Waals surface area contributed by atoms with Crippen LogP contribution in [0.1, 0.15) is 26.2 Å². The second-order valence-corrected chi connectivity index (χ2v) is 3.35. The maximum atomic E-state index is 9.36. The zero-order valence-electron chi connectivity index (χ0n) is 6.59. The quantitative estimate of drug-likeness (QED) is 0.552. The van der Waals surface area contributed by atoms with Gasteiger partial charge in [0.25, 0.3) is 0 Å². The van der Waals surface area contributed by atoms with Crippen molar-refractivity contribution in [2.24, 2.45) is 11.8 Å². The van der Waals surface area contributed by atoms with Gasteiger partial charge in [-0.3, -0.25) is 0 Å². The zero-order chi connectivity index (χ0) is 7.56. The molecule has 1 rings (SSSR count). The monoisotopic (exact) mass is 140 g/mol. The number of aliphatic hydroxyl groups is 1. The first-order valence-electron chi connectivity index (χ1n) is 4.04. The third-order valence-electron chi connectivity index (χ3n) is 2.50. The van der Waals surface area contributed by atoms with Crippen molar-refractivity contribution >= 4 is 0 Å². The van der Waals surface area contributed by atoms with Crippen LogP contribution < -0.4 is 0 Å². The molecule has 0 aromatic rings. The molecular weight excluding hydrogens is 124 g/mol. The highest BCUT2D eigenvalue weighted by Crippen LogP contribution is 2.29. The average molecular weight is 140 g/mol. The van der Waals surface area contributed by atoms with E-state index in [2.05, 4.69) is 13.5 Å². The Morgan fingerprint density at radius 2 is 2.20 bits per heavy atom. The molecule has 0 unspecified atom stereocenters. The van der Waals surface area contributed by atoms with E-state index in [4.69, 9.17) is 0 Å². The van der Waals surface area contributed by atoms with Crippen LogP contribution in [0.4, 0.5) is 0 Å². The third-order valence-corrected chi connectivity index (χ3v) is 2.50. The fourth-order valence-electron chi connectivity index (χ4n) is 1.64. The summed E-state index contributed by atoms with van der Waals surface area (Å²) in [4.78, 5) is 0. The SMILES string of the molecule is C=C[C@@H]1CC[C@@H](O)[C@H](C)C1. The molecule has 0 heterocycles. The Bertz CT molecular complexity index is 120. The highest BCUT2D eigenvalue weighted by Gasteiger charge is 2.23. The number of rotatable bonds is 1. The van der Waals surface area contributed by atoms with E-state index in [1.165, 1.54) is 0 Å². The second kappa shape index (κ2) is 3.20. The number of hydrogen-bond acceptors (Lipinski definition) is 1. The fourth-order valence-corrected chi connectivity index (χ4v) is 1.64. The molecule has 0 radical (unpaired) electrons. The Balaban J connectivity index is 2.40. The van der Waals surface area contributed by atoms with Crippen LogP contribution in [0, 0.1) is 11.8 Å². The number of hydrogen-bond donors (Lipinski definition) is 1. The fraction of sp³-hybridized carbons (Fsp3) is 0.778. The first kappa shape index (κ1) is 7.80. The van der Waals surface area contributed by atoms with Gasteiger partial charge in [0.15, 0.2) is 0 Å². The lowest BCUT2D eigenvalue weighted by atomic mass is 9.81. The lowest BCUT2D eigenvalue weighted by Crippen LogP contribution is -2.25. The summed E-state index contributed by atoms with van der Waals surface area (Å²) < 4.78 is 0. The van der Waals surface area contributed by atoms with Crippen molar-refractivity contribution in [2.45, 2.75) is 32.3 Å². The van der Waals surface area contributed by atoms with Crippen LogP contribution in [0.2, 0.25) is 0 Å². The van der Waals surface area contributed by atoms with Gasteiger partial charge >= 0.3 is 0 Å². The van der Waals surface area contributed by atoms with E-state index < -0.39 is 0 Å². The highest BCUT2D eigenvalue weighted by atomic mass is 16.3. The molecule has 58 valence electrons. The predicted octanol–water partition coefficient (Wildman–Crippen LogP) is 1.97. The van der Waals surface area contributed by atoms with E-state index in [1.54, 1.807) is 0 Å². The van der Waals surface area contributed by atoms with Crippen LogP contribution in [-0.2, 0) is 0 Å². The van der Waals surface area contributed by atoms with Crippen molar-refractivity contribution in [1.29, 1.82) is 0 Å². The smallest absolute Gasteiger partial charge is 0.0566 e. The van der Waals surface area contributed by atoms with Crippen LogP contribution in [0.25, 0.3) is 0 Å². The van der Waals surface area contributed by atoms with E-state index in [0.29, 0.717) is 11.8 Å². The Morgan fingerprint density at radius 3 is 2.70 bits per heavy atom. The first-order chi connectivity index (χ1) is 4.74. The number of aliphatic hydroxyl groups excluding tert-OH is 1. The van der Waals surface area contributed by atoms with Crippen LogP contribution >= 0.6 is 0 Å². The molecular formula is C9H16O. The molecule has 1 saturated carbocycles. The van der Waals surface area contributed by atoms with Crippen molar-refractivity contribution in [3.05, 3.63) is 12.7 Å². The Kier molecular flexibility index (Phi) is 2.50. The minimum absolute atomic E-state index is 0.0591. The molecule has 0 aliphatic heterocycles. The summed E-state index contributed by atoms with van der Waals surface area (Å²) in [5.74, 6) is 1.12. The molecule has 0 saturated heterocycles. The Hall–Kier alpha value is -0.300. The van der Waals surface area contributed by atoms with Crippen LogP contribution in [0.5, 0.6) is 0 Å². The molecule has 1 fully saturated rings. The molecule has 1 aliphatic rings. The van der Waals surface area contributed by atoms with Crippen molar-refractivity contribution in [1.82, 2.24) is 0 Å². The summed E-state index contributed by atoms with van der Waals surface area (Å²) >= 11 is 0. The van der Waals surface area contributed by atoms with Gasteiger partial charge < -0.3 is 5.11 Å². The van der Waals surface area contributed by atoms with Gasteiger partial charge in [-0.15, -0.1) is 6.58 Å². The third kappa shape index (κ3) is 1.60. The van der Waals surface area contributed by atoms with Crippen molar-refractivity contribution in [3.63, 3.8) is 0 Å². The summed E-state index contributed by atoms with van der Waals surface area (Å²) in [7, 11) is 0. The van der Waals surface area contributed by atoms with Crippen molar-refractivity contribution in [2.75, 3.05) is 0 Å². The largest absolute Gasteiger partial charge is 0.393 e. The molecule has 1 aliphatic carbocycles. The molecule has 0 amide bonds. The summed E-state index contributed by atoms with van der Waals surface area (Å²) in [5, 5.41) is 9.36. The minimum Gasteiger partial charge on any atom is -0.393 e. The zero-order valence-corrected chi connectivity index (χ0v) is 6.59. The summed E-state index contributed by atoms with van der Waals surface area (Å²) in [5.41, 5.74) is 0. The molecule has 0 aromatic carbocycles. The standard InChI is InChI=1S/C9H16O/c1-3-8-4-5-9(10)7(2)6-8/h3,7-10H,1,4-6H2,2H3/t7-,8-,9-/m1/s1. The molecule has 0 spiro atoms. The second-order valence-electron chi connectivity index (χ2n) is 3.35. The Labute approximate surface area is 62.8 Å². The molecule has 10 heavy (non-hydrogen) atoms. The van der Waals surface area contributed by atoms with E-state index in [-0.39, 0.29) is 6.10 Å². The molecule has 0 bridgehead atoms. The van der Waals surface area contributed by atoms with Crippen LogP contribution in [0.3, 0.4) is 0 Å². The molecule has 1 nitrogen and oxygen atoms in total. The summed E-state index contributed by atoms with van der Waals surface area (Å²) in [6.07, 6.45) is 5.15. The maximum Gasteiger partial charge on any atom is 0.0566 e. The van der Waals surface area contributed by atoms with Gasteiger partial charge in [-0.2, -0.15) is 0 Å². The van der Waals surface area contributed by atoms with Gasteiger partial charge in [0.2, 0.25) is 0 Å². The molecule has 1 N–H and O–H groups in total. The lowest BCUT2D eigenvalue weighted by Gasteiger charge is -2.28. The van der Waals surface area contributed by atoms with Gasteiger partial charge in [0.1, 0.15) is 0 Å². The summed E-state index contributed by atoms with van der Waals surface area (Å²) in [6, 6.07) is 0. The number of allylic oxidation sites excluding steroid dienone is 1. The van der Waals surface area contributed by atoms with E-state index in [9.17, 15) is 5.11 Å². The summed E-state index contributed by atoms with van der Waals surface area (Å²) in [6.45, 7) is 5.87. The molecule has 0 aromatic heterocycles. The van der Waals surface area contributed by atoms with Gasteiger partial charge in [-0.25, -0.2) is 0 Å². The van der Waals surface area contributed by atoms with Gasteiger partial charge in [0, 0.05) is 0 Å².